The van der Waals surface area contributed by atoms with Crippen LogP contribution in [0.5, 0.6) is 0 Å². The fraction of sp³-hybridized carbons (Fsp3) is 0.926. The summed E-state index contributed by atoms with van der Waals surface area (Å²) in [5.41, 5.74) is 3.42. The highest BCUT2D eigenvalue weighted by Crippen LogP contribution is 2.65. The van der Waals surface area contributed by atoms with Crippen LogP contribution in [0, 0.1) is 46.8 Å². The molecule has 29 heavy (non-hydrogen) atoms. The fourth-order valence-electron chi connectivity index (χ4n) is 8.52. The first-order valence-electron chi connectivity index (χ1n) is 12.8. The summed E-state index contributed by atoms with van der Waals surface area (Å²) in [4.78, 5) is 0. The number of halogens is 1. The molecule has 4 rings (SSSR count). The van der Waals surface area contributed by atoms with Crippen molar-refractivity contribution in [3.05, 3.63) is 11.1 Å². The van der Waals surface area contributed by atoms with E-state index in [0.29, 0.717) is 17.3 Å². The van der Waals surface area contributed by atoms with E-state index in [9.17, 15) is 9.50 Å². The molecule has 2 saturated carbocycles. The molecular formula is C27H45FO. The average molecular weight is 405 g/mol. The van der Waals surface area contributed by atoms with Crippen molar-refractivity contribution in [3.63, 3.8) is 0 Å². The van der Waals surface area contributed by atoms with Gasteiger partial charge in [-0.05, 0) is 92.3 Å². The lowest BCUT2D eigenvalue weighted by Gasteiger charge is -2.54. The van der Waals surface area contributed by atoms with Gasteiger partial charge in [0.15, 0.2) is 0 Å². The number of fused-ring (bicyclic) bond motifs is 4. The molecule has 0 aromatic heterocycles. The zero-order valence-corrected chi connectivity index (χ0v) is 19.4. The largest absolute Gasteiger partial charge is 0.393 e. The molecule has 0 amide bonds. The van der Waals surface area contributed by atoms with Crippen molar-refractivity contribution in [2.45, 2.75) is 104 Å². The Morgan fingerprint density at radius 1 is 1.07 bits per heavy atom. The van der Waals surface area contributed by atoms with Gasteiger partial charge in [0.2, 0.25) is 0 Å². The minimum absolute atomic E-state index is 0.103. The third kappa shape index (κ3) is 3.97. The summed E-state index contributed by atoms with van der Waals surface area (Å²) >= 11 is 0. The van der Waals surface area contributed by atoms with Crippen molar-refractivity contribution in [3.8, 4) is 0 Å². The van der Waals surface area contributed by atoms with Gasteiger partial charge in [-0.25, -0.2) is 0 Å². The van der Waals surface area contributed by atoms with Crippen LogP contribution >= 0.6 is 0 Å². The second-order valence-corrected chi connectivity index (χ2v) is 11.9. The predicted molar refractivity (Wildman–Crippen MR) is 119 cm³/mol. The van der Waals surface area contributed by atoms with Crippen LogP contribution in [0.15, 0.2) is 11.1 Å². The van der Waals surface area contributed by atoms with Gasteiger partial charge in [0.05, 0.1) is 12.8 Å². The van der Waals surface area contributed by atoms with Crippen LogP contribution in [0.2, 0.25) is 0 Å². The Labute approximate surface area is 178 Å². The molecule has 166 valence electrons. The molecule has 0 heterocycles. The maximum atomic E-state index is 14.1. The first-order valence-corrected chi connectivity index (χ1v) is 12.8. The number of alkyl halides is 1. The summed E-state index contributed by atoms with van der Waals surface area (Å²) in [7, 11) is 0. The molecule has 1 nitrogen and oxygen atoms in total. The molecule has 0 saturated heterocycles. The SMILES string of the molecule is CC(C)CCCC(C)[C@H]1CCC2C3C[C@@H](CF)C4=C(CC[C@H](O)C4)C3CC[C@@]21C. The van der Waals surface area contributed by atoms with Gasteiger partial charge < -0.3 is 5.11 Å². The number of allylic oxidation sites excluding steroid dienone is 1. The minimum Gasteiger partial charge on any atom is -0.393 e. The molecule has 2 fully saturated rings. The van der Waals surface area contributed by atoms with E-state index in [4.69, 9.17) is 0 Å². The highest BCUT2D eigenvalue weighted by Gasteiger charge is 2.56. The van der Waals surface area contributed by atoms with Crippen molar-refractivity contribution < 1.29 is 9.50 Å². The number of aliphatic hydroxyl groups excluding tert-OH is 1. The second kappa shape index (κ2) is 8.64. The van der Waals surface area contributed by atoms with Gasteiger partial charge in [0.1, 0.15) is 0 Å². The van der Waals surface area contributed by atoms with Gasteiger partial charge in [0, 0.05) is 5.92 Å². The monoisotopic (exact) mass is 404 g/mol. The van der Waals surface area contributed by atoms with Crippen molar-refractivity contribution in [2.24, 2.45) is 46.8 Å². The zero-order valence-electron chi connectivity index (χ0n) is 19.4. The van der Waals surface area contributed by atoms with Crippen LogP contribution in [0.4, 0.5) is 4.39 Å². The van der Waals surface area contributed by atoms with Gasteiger partial charge in [-0.2, -0.15) is 0 Å². The predicted octanol–water partition coefficient (Wildman–Crippen LogP) is 7.34. The molecule has 0 radical (unpaired) electrons. The zero-order chi connectivity index (χ0) is 20.8. The van der Waals surface area contributed by atoms with E-state index in [1.165, 1.54) is 50.5 Å². The summed E-state index contributed by atoms with van der Waals surface area (Å²) in [6.45, 7) is 9.61. The summed E-state index contributed by atoms with van der Waals surface area (Å²) in [5, 5.41) is 10.2. The summed E-state index contributed by atoms with van der Waals surface area (Å²) < 4.78 is 14.1. The summed E-state index contributed by atoms with van der Waals surface area (Å²) in [5.74, 6) is 4.83. The second-order valence-electron chi connectivity index (χ2n) is 11.9. The third-order valence-electron chi connectivity index (χ3n) is 9.94. The Kier molecular flexibility index (Phi) is 6.51. The van der Waals surface area contributed by atoms with Crippen LogP contribution in [-0.2, 0) is 0 Å². The first-order chi connectivity index (χ1) is 13.8. The molecule has 8 atom stereocenters. The molecule has 0 bridgehead atoms. The minimum atomic E-state index is -0.226. The Bertz CT molecular complexity index is 610. The molecule has 2 heteroatoms. The number of rotatable bonds is 6. The summed E-state index contributed by atoms with van der Waals surface area (Å²) in [6.07, 6.45) is 13.1. The third-order valence-corrected chi connectivity index (χ3v) is 9.94. The van der Waals surface area contributed by atoms with E-state index in [-0.39, 0.29) is 18.7 Å². The van der Waals surface area contributed by atoms with Crippen molar-refractivity contribution in [1.29, 1.82) is 0 Å². The van der Waals surface area contributed by atoms with Gasteiger partial charge in [0.25, 0.3) is 0 Å². The van der Waals surface area contributed by atoms with Crippen molar-refractivity contribution in [1.82, 2.24) is 0 Å². The number of aliphatic hydroxyl groups is 1. The van der Waals surface area contributed by atoms with Crippen LogP contribution in [0.25, 0.3) is 0 Å². The summed E-state index contributed by atoms with van der Waals surface area (Å²) in [6, 6.07) is 0. The quantitative estimate of drug-likeness (QED) is 0.459. The van der Waals surface area contributed by atoms with E-state index < -0.39 is 0 Å². The molecule has 0 spiro atoms. The smallest absolute Gasteiger partial charge is 0.0959 e. The Morgan fingerprint density at radius 2 is 1.86 bits per heavy atom. The van der Waals surface area contributed by atoms with E-state index in [2.05, 4.69) is 27.7 Å². The lowest BCUT2D eigenvalue weighted by atomic mass is 9.51. The molecular weight excluding hydrogens is 359 g/mol. The molecule has 4 unspecified atom stereocenters. The van der Waals surface area contributed by atoms with Gasteiger partial charge >= 0.3 is 0 Å². The van der Waals surface area contributed by atoms with Crippen molar-refractivity contribution in [2.75, 3.05) is 6.67 Å². The molecule has 0 aromatic carbocycles. The van der Waals surface area contributed by atoms with Gasteiger partial charge in [-0.1, -0.05) is 58.1 Å². The average Bonchev–Trinajstić information content (AvgIpc) is 3.04. The lowest BCUT2D eigenvalue weighted by molar-refractivity contribution is -0.0137. The Morgan fingerprint density at radius 3 is 2.59 bits per heavy atom. The van der Waals surface area contributed by atoms with E-state index in [0.717, 1.165) is 49.4 Å². The van der Waals surface area contributed by atoms with Gasteiger partial charge in [-0.3, -0.25) is 4.39 Å². The molecule has 4 aliphatic rings. The molecule has 0 aromatic rings. The van der Waals surface area contributed by atoms with Crippen molar-refractivity contribution >= 4 is 0 Å². The highest BCUT2D eigenvalue weighted by molar-refractivity contribution is 5.29. The topological polar surface area (TPSA) is 20.2 Å². The van der Waals surface area contributed by atoms with E-state index in [1.54, 1.807) is 5.57 Å². The van der Waals surface area contributed by atoms with Crippen LogP contribution in [0.1, 0.15) is 98.3 Å². The lowest BCUT2D eigenvalue weighted by Crippen LogP contribution is -2.46. The number of hydrogen-bond acceptors (Lipinski definition) is 1. The van der Waals surface area contributed by atoms with E-state index in [1.807, 2.05) is 0 Å². The highest BCUT2D eigenvalue weighted by atomic mass is 19.1. The normalized spacial score (nSPS) is 43.1. The van der Waals surface area contributed by atoms with Crippen LogP contribution in [0.3, 0.4) is 0 Å². The maximum Gasteiger partial charge on any atom is 0.0959 e. The standard InChI is InChI=1S/C27H45FO/c1-17(2)6-5-7-18(3)25-10-11-26-24-14-19(16-28)23-15-20(29)8-9-21(23)22(24)12-13-27(25,26)4/h17-20,22,24-26,29H,5-16H2,1-4H3/t18?,19-,20-,22?,24?,25+,26?,27+/m0/s1. The van der Waals surface area contributed by atoms with Crippen LogP contribution < -0.4 is 0 Å². The molecule has 4 aliphatic carbocycles. The maximum absolute atomic E-state index is 14.1. The Hall–Kier alpha value is -0.370. The molecule has 1 N–H and O–H groups in total. The Balaban J connectivity index is 1.51. The van der Waals surface area contributed by atoms with E-state index >= 15 is 0 Å². The van der Waals surface area contributed by atoms with Crippen LogP contribution in [-0.4, -0.2) is 17.9 Å². The first kappa shape index (κ1) is 21.8. The molecule has 0 aliphatic heterocycles. The van der Waals surface area contributed by atoms with Gasteiger partial charge in [-0.15, -0.1) is 0 Å². The fourth-order valence-corrected chi connectivity index (χ4v) is 8.52. The number of hydrogen-bond donors (Lipinski definition) is 1.